The van der Waals surface area contributed by atoms with Gasteiger partial charge in [-0.2, -0.15) is 0 Å². The van der Waals surface area contributed by atoms with Crippen LogP contribution >= 0.6 is 0 Å². The number of hydrogen-bond acceptors (Lipinski definition) is 4. The summed E-state index contributed by atoms with van der Waals surface area (Å²) in [5.41, 5.74) is 1.22. The molecule has 2 amide bonds. The molecule has 1 heterocycles. The van der Waals surface area contributed by atoms with E-state index in [1.54, 1.807) is 6.07 Å². The van der Waals surface area contributed by atoms with E-state index >= 15 is 0 Å². The van der Waals surface area contributed by atoms with Crippen molar-refractivity contribution in [3.8, 4) is 0 Å². The highest BCUT2D eigenvalue weighted by Gasteiger charge is 2.18. The summed E-state index contributed by atoms with van der Waals surface area (Å²) in [7, 11) is 0. The number of hydrogen-bond donors (Lipinski definition) is 4. The lowest BCUT2D eigenvalue weighted by molar-refractivity contribution is -0.140. The van der Waals surface area contributed by atoms with Gasteiger partial charge in [-0.05, 0) is 12.1 Å². The normalized spacial score (nSPS) is 11.8. The standard InChI is InChI=1S/C13H13N3O4/c17-7-11(12(18)19)16-13(20)15-9-5-8-3-1-2-4-10(8)14-6-9/h1-6,11,17H,7H2,(H,18,19)(H2,15,16,20)/t11-/m0/s1. The maximum Gasteiger partial charge on any atom is 0.328 e. The summed E-state index contributed by atoms with van der Waals surface area (Å²) in [6.07, 6.45) is 1.47. The van der Waals surface area contributed by atoms with Gasteiger partial charge in [0.25, 0.3) is 0 Å². The van der Waals surface area contributed by atoms with Crippen LogP contribution in [-0.2, 0) is 4.79 Å². The summed E-state index contributed by atoms with van der Waals surface area (Å²) in [6.45, 7) is -0.682. The van der Waals surface area contributed by atoms with Crippen LogP contribution < -0.4 is 10.6 Å². The third kappa shape index (κ3) is 3.21. The zero-order chi connectivity index (χ0) is 14.5. The van der Waals surface area contributed by atoms with Crippen molar-refractivity contribution in [1.29, 1.82) is 0 Å². The molecule has 1 atom stereocenters. The number of urea groups is 1. The topological polar surface area (TPSA) is 112 Å². The van der Waals surface area contributed by atoms with Crippen molar-refractivity contribution in [2.45, 2.75) is 6.04 Å². The van der Waals surface area contributed by atoms with Gasteiger partial charge >= 0.3 is 12.0 Å². The van der Waals surface area contributed by atoms with Gasteiger partial charge in [-0.3, -0.25) is 4.98 Å². The Labute approximate surface area is 114 Å². The number of aromatic nitrogens is 1. The molecular formula is C13H13N3O4. The van der Waals surface area contributed by atoms with Gasteiger partial charge in [-0.1, -0.05) is 18.2 Å². The fourth-order valence-electron chi connectivity index (χ4n) is 1.65. The highest BCUT2D eigenvalue weighted by atomic mass is 16.4. The Balaban J connectivity index is 2.07. The van der Waals surface area contributed by atoms with Gasteiger partial charge in [0.2, 0.25) is 0 Å². The van der Waals surface area contributed by atoms with Crippen molar-refractivity contribution < 1.29 is 19.8 Å². The fraction of sp³-hybridized carbons (Fsp3) is 0.154. The van der Waals surface area contributed by atoms with E-state index in [9.17, 15) is 9.59 Å². The van der Waals surface area contributed by atoms with Crippen LogP contribution in [0.2, 0.25) is 0 Å². The zero-order valence-electron chi connectivity index (χ0n) is 10.4. The Bertz CT molecular complexity index is 644. The van der Waals surface area contributed by atoms with Crippen LogP contribution in [-0.4, -0.2) is 39.8 Å². The maximum absolute atomic E-state index is 11.6. The average Bonchev–Trinajstić information content (AvgIpc) is 2.44. The number of carboxylic acids is 1. The Morgan fingerprint density at radius 1 is 1.30 bits per heavy atom. The highest BCUT2D eigenvalue weighted by Crippen LogP contribution is 2.15. The lowest BCUT2D eigenvalue weighted by Gasteiger charge is -2.12. The third-order valence-electron chi connectivity index (χ3n) is 2.63. The summed E-state index contributed by atoms with van der Waals surface area (Å²) in [5.74, 6) is -1.31. The lowest BCUT2D eigenvalue weighted by atomic mass is 10.2. The van der Waals surface area contributed by atoms with E-state index < -0.39 is 24.6 Å². The average molecular weight is 275 g/mol. The number of nitrogens with zero attached hydrogens (tertiary/aromatic N) is 1. The lowest BCUT2D eigenvalue weighted by Crippen LogP contribution is -2.45. The molecule has 0 bridgehead atoms. The number of benzene rings is 1. The van der Waals surface area contributed by atoms with Gasteiger partial charge in [-0.15, -0.1) is 0 Å². The van der Waals surface area contributed by atoms with Gasteiger partial charge in [0, 0.05) is 5.39 Å². The molecule has 1 aromatic carbocycles. The molecule has 0 saturated heterocycles. The van der Waals surface area contributed by atoms with Crippen molar-refractivity contribution in [3.63, 3.8) is 0 Å². The third-order valence-corrected chi connectivity index (χ3v) is 2.63. The summed E-state index contributed by atoms with van der Waals surface area (Å²) in [6, 6.07) is 7.04. The van der Waals surface area contributed by atoms with Gasteiger partial charge in [0.1, 0.15) is 0 Å². The van der Waals surface area contributed by atoms with Gasteiger partial charge in [-0.25, -0.2) is 9.59 Å². The molecule has 0 radical (unpaired) electrons. The number of pyridine rings is 1. The van der Waals surface area contributed by atoms with Crippen molar-refractivity contribution in [1.82, 2.24) is 10.3 Å². The van der Waals surface area contributed by atoms with Crippen LogP contribution in [0.5, 0.6) is 0 Å². The number of carbonyl (C=O) groups is 2. The van der Waals surface area contributed by atoms with E-state index in [1.165, 1.54) is 6.20 Å². The number of aliphatic hydroxyl groups is 1. The van der Waals surface area contributed by atoms with E-state index in [-0.39, 0.29) is 0 Å². The minimum Gasteiger partial charge on any atom is -0.480 e. The maximum atomic E-state index is 11.6. The van der Waals surface area contributed by atoms with E-state index in [2.05, 4.69) is 15.6 Å². The Morgan fingerprint density at radius 3 is 2.75 bits per heavy atom. The Hall–Kier alpha value is -2.67. The van der Waals surface area contributed by atoms with Crippen molar-refractivity contribution in [2.75, 3.05) is 11.9 Å². The molecule has 104 valence electrons. The summed E-state index contributed by atoms with van der Waals surface area (Å²) in [5, 5.41) is 23.0. The zero-order valence-corrected chi connectivity index (χ0v) is 10.4. The number of anilines is 1. The number of amides is 2. The monoisotopic (exact) mass is 275 g/mol. The second-order valence-corrected chi connectivity index (χ2v) is 4.09. The summed E-state index contributed by atoms with van der Waals surface area (Å²) >= 11 is 0. The van der Waals surface area contributed by atoms with E-state index in [1.807, 2.05) is 24.3 Å². The van der Waals surface area contributed by atoms with Crippen LogP contribution in [0.4, 0.5) is 10.5 Å². The predicted molar refractivity (Wildman–Crippen MR) is 72.4 cm³/mol. The number of nitrogens with one attached hydrogen (secondary N) is 2. The molecule has 2 rings (SSSR count). The molecule has 2 aromatic rings. The molecule has 20 heavy (non-hydrogen) atoms. The highest BCUT2D eigenvalue weighted by molar-refractivity contribution is 5.94. The number of carbonyl (C=O) groups excluding carboxylic acids is 1. The molecule has 4 N–H and O–H groups in total. The number of carboxylic acid groups (broad SMARTS) is 1. The summed E-state index contributed by atoms with van der Waals surface area (Å²) in [4.78, 5) is 26.4. The van der Waals surface area contributed by atoms with Crippen LogP contribution in [0.3, 0.4) is 0 Å². The minimum atomic E-state index is -1.34. The SMILES string of the molecule is O=C(Nc1cnc2ccccc2c1)N[C@@H](CO)C(=O)O. The molecule has 0 aliphatic rings. The first-order valence-electron chi connectivity index (χ1n) is 5.86. The first-order chi connectivity index (χ1) is 9.60. The number of para-hydroxylation sites is 1. The first kappa shape index (κ1) is 13.8. The van der Waals surface area contributed by atoms with Gasteiger partial charge in [0.05, 0.1) is 24.0 Å². The molecule has 7 nitrogen and oxygen atoms in total. The van der Waals surface area contributed by atoms with E-state index in [0.717, 1.165) is 10.9 Å². The molecule has 0 saturated carbocycles. The second-order valence-electron chi connectivity index (χ2n) is 4.09. The fourth-order valence-corrected chi connectivity index (χ4v) is 1.65. The van der Waals surface area contributed by atoms with Gasteiger partial charge in [0.15, 0.2) is 6.04 Å². The molecule has 7 heteroatoms. The second kappa shape index (κ2) is 5.98. The molecule has 0 aliphatic carbocycles. The van der Waals surface area contributed by atoms with Crippen LogP contribution in [0.25, 0.3) is 10.9 Å². The van der Waals surface area contributed by atoms with Gasteiger partial charge < -0.3 is 20.8 Å². The van der Waals surface area contributed by atoms with Crippen LogP contribution in [0.1, 0.15) is 0 Å². The van der Waals surface area contributed by atoms with Crippen LogP contribution in [0.15, 0.2) is 36.5 Å². The predicted octanol–water partition coefficient (Wildman–Crippen LogP) is 0.802. The molecule has 0 aliphatic heterocycles. The van der Waals surface area contributed by atoms with Crippen molar-refractivity contribution in [3.05, 3.63) is 36.5 Å². The van der Waals surface area contributed by atoms with Crippen molar-refractivity contribution >= 4 is 28.6 Å². The number of aliphatic carboxylic acids is 1. The van der Waals surface area contributed by atoms with Crippen molar-refractivity contribution in [2.24, 2.45) is 0 Å². The number of aliphatic hydroxyl groups excluding tert-OH is 1. The largest absolute Gasteiger partial charge is 0.480 e. The van der Waals surface area contributed by atoms with E-state index in [0.29, 0.717) is 5.69 Å². The smallest absolute Gasteiger partial charge is 0.328 e. The summed E-state index contributed by atoms with van der Waals surface area (Å²) < 4.78 is 0. The molecule has 0 spiro atoms. The number of fused-ring (bicyclic) bond motifs is 1. The Morgan fingerprint density at radius 2 is 2.05 bits per heavy atom. The molecular weight excluding hydrogens is 262 g/mol. The minimum absolute atomic E-state index is 0.434. The number of rotatable bonds is 4. The molecule has 0 unspecified atom stereocenters. The van der Waals surface area contributed by atoms with E-state index in [4.69, 9.17) is 10.2 Å². The molecule has 0 fully saturated rings. The first-order valence-corrected chi connectivity index (χ1v) is 5.86. The molecule has 1 aromatic heterocycles. The van der Waals surface area contributed by atoms with Crippen LogP contribution in [0, 0.1) is 0 Å². The Kier molecular flexibility index (Phi) is 4.11. The quantitative estimate of drug-likeness (QED) is 0.659.